The maximum Gasteiger partial charge on any atom is 0.251 e. The van der Waals surface area contributed by atoms with Crippen molar-refractivity contribution in [1.82, 2.24) is 15.3 Å². The van der Waals surface area contributed by atoms with Gasteiger partial charge >= 0.3 is 0 Å². The molecule has 0 radical (unpaired) electrons. The van der Waals surface area contributed by atoms with Gasteiger partial charge in [-0.3, -0.25) is 4.79 Å². The maximum absolute atomic E-state index is 12.3. The second-order valence-corrected chi connectivity index (χ2v) is 5.93. The van der Waals surface area contributed by atoms with Gasteiger partial charge in [-0.2, -0.15) is 0 Å². The number of hydrogen-bond acceptors (Lipinski definition) is 5. The van der Waals surface area contributed by atoms with E-state index in [9.17, 15) is 4.79 Å². The summed E-state index contributed by atoms with van der Waals surface area (Å²) >= 11 is 0. The number of nitrogens with one attached hydrogen (secondary N) is 1. The first-order chi connectivity index (χ1) is 11.0. The highest BCUT2D eigenvalue weighted by atomic mass is 16.7. The lowest BCUT2D eigenvalue weighted by atomic mass is 10.1. The molecule has 1 aromatic carbocycles. The number of rotatable bonds is 4. The van der Waals surface area contributed by atoms with Gasteiger partial charge in [0, 0.05) is 18.5 Å². The number of carbonyl (C=O) groups excluding carboxylic acids is 1. The summed E-state index contributed by atoms with van der Waals surface area (Å²) in [4.78, 5) is 21.2. The molecule has 0 aliphatic carbocycles. The molecule has 122 valence electrons. The Hall–Kier alpha value is -2.05. The Morgan fingerprint density at radius 3 is 2.52 bits per heavy atom. The van der Waals surface area contributed by atoms with E-state index >= 15 is 0 Å². The van der Waals surface area contributed by atoms with Crippen molar-refractivity contribution in [2.45, 2.75) is 33.0 Å². The Balaban J connectivity index is 1.67. The maximum atomic E-state index is 12.3. The predicted molar refractivity (Wildman–Crippen MR) is 86.3 cm³/mol. The Bertz CT molecular complexity index is 739. The van der Waals surface area contributed by atoms with E-state index in [1.807, 2.05) is 26.8 Å². The van der Waals surface area contributed by atoms with E-state index in [0.717, 1.165) is 22.4 Å². The highest BCUT2D eigenvalue weighted by Gasteiger charge is 2.30. The van der Waals surface area contributed by atoms with Crippen LogP contribution in [0.3, 0.4) is 0 Å². The van der Waals surface area contributed by atoms with E-state index in [1.54, 1.807) is 12.1 Å². The summed E-state index contributed by atoms with van der Waals surface area (Å²) in [5.74, 6) is -0.718. The molecule has 0 bridgehead atoms. The van der Waals surface area contributed by atoms with Crippen LogP contribution in [0.25, 0.3) is 11.0 Å². The van der Waals surface area contributed by atoms with Crippen molar-refractivity contribution in [2.75, 3.05) is 19.8 Å². The number of ether oxygens (including phenoxy) is 2. The molecule has 0 spiro atoms. The zero-order valence-electron chi connectivity index (χ0n) is 13.7. The first-order valence-electron chi connectivity index (χ1n) is 7.78. The number of fused-ring (bicyclic) bond motifs is 1. The SMILES string of the molecule is Cc1nc2ccc(C(=O)NCCC3(C)OCCO3)cc2nc1C. The van der Waals surface area contributed by atoms with Crippen LogP contribution in [0.2, 0.25) is 0 Å². The number of benzene rings is 1. The summed E-state index contributed by atoms with van der Waals surface area (Å²) < 4.78 is 11.0. The molecule has 23 heavy (non-hydrogen) atoms. The number of aromatic nitrogens is 2. The molecular weight excluding hydrogens is 294 g/mol. The van der Waals surface area contributed by atoms with Crippen LogP contribution >= 0.6 is 0 Å². The monoisotopic (exact) mass is 315 g/mol. The molecule has 1 aliphatic rings. The van der Waals surface area contributed by atoms with Gasteiger partial charge < -0.3 is 14.8 Å². The van der Waals surface area contributed by atoms with Gasteiger partial charge in [-0.15, -0.1) is 0 Å². The highest BCUT2D eigenvalue weighted by molar-refractivity contribution is 5.97. The first-order valence-corrected chi connectivity index (χ1v) is 7.78. The lowest BCUT2D eigenvalue weighted by molar-refractivity contribution is -0.145. The lowest BCUT2D eigenvalue weighted by Gasteiger charge is -2.22. The molecule has 1 amide bonds. The summed E-state index contributed by atoms with van der Waals surface area (Å²) in [7, 11) is 0. The van der Waals surface area contributed by atoms with Gasteiger partial charge in [0.05, 0.1) is 35.6 Å². The fourth-order valence-corrected chi connectivity index (χ4v) is 2.58. The van der Waals surface area contributed by atoms with Gasteiger partial charge in [-0.05, 0) is 39.0 Å². The third kappa shape index (κ3) is 3.48. The average Bonchev–Trinajstić information content (AvgIpc) is 2.94. The largest absolute Gasteiger partial charge is 0.352 e. The van der Waals surface area contributed by atoms with Crippen LogP contribution in [0.1, 0.15) is 35.1 Å². The number of nitrogens with zero attached hydrogens (tertiary/aromatic N) is 2. The smallest absolute Gasteiger partial charge is 0.251 e. The molecule has 1 aliphatic heterocycles. The van der Waals surface area contributed by atoms with E-state index in [2.05, 4.69) is 15.3 Å². The molecule has 0 atom stereocenters. The fraction of sp³-hybridized carbons (Fsp3) is 0.471. The highest BCUT2D eigenvalue weighted by Crippen LogP contribution is 2.21. The summed E-state index contributed by atoms with van der Waals surface area (Å²) in [5.41, 5.74) is 3.88. The van der Waals surface area contributed by atoms with Crippen molar-refractivity contribution in [1.29, 1.82) is 0 Å². The topological polar surface area (TPSA) is 73.3 Å². The van der Waals surface area contributed by atoms with Crippen molar-refractivity contribution in [2.24, 2.45) is 0 Å². The molecule has 1 N–H and O–H groups in total. The molecule has 2 aromatic rings. The minimum atomic E-state index is -0.587. The van der Waals surface area contributed by atoms with E-state index < -0.39 is 5.79 Å². The first kappa shape index (κ1) is 15.8. The number of amides is 1. The fourth-order valence-electron chi connectivity index (χ4n) is 2.58. The molecule has 6 heteroatoms. The normalized spacial score (nSPS) is 16.7. The summed E-state index contributed by atoms with van der Waals surface area (Å²) in [6.45, 7) is 7.43. The van der Waals surface area contributed by atoms with Crippen LogP contribution in [-0.2, 0) is 9.47 Å². The molecule has 1 fully saturated rings. The minimum absolute atomic E-state index is 0.131. The van der Waals surface area contributed by atoms with E-state index in [1.165, 1.54) is 0 Å². The molecule has 0 saturated carbocycles. The van der Waals surface area contributed by atoms with Crippen LogP contribution in [0.5, 0.6) is 0 Å². The van der Waals surface area contributed by atoms with Gasteiger partial charge in [0.15, 0.2) is 5.79 Å². The summed E-state index contributed by atoms with van der Waals surface area (Å²) in [5, 5.41) is 2.89. The molecular formula is C17H21N3O3. The van der Waals surface area contributed by atoms with Crippen molar-refractivity contribution >= 4 is 16.9 Å². The van der Waals surface area contributed by atoms with Gasteiger partial charge in [-0.1, -0.05) is 0 Å². The molecule has 6 nitrogen and oxygen atoms in total. The standard InChI is InChI=1S/C17H21N3O3/c1-11-12(2)20-15-10-13(4-5-14(15)19-11)16(21)18-7-6-17(3)22-8-9-23-17/h4-5,10H,6-9H2,1-3H3,(H,18,21). The molecule has 3 rings (SSSR count). The van der Waals surface area contributed by atoms with Crippen LogP contribution in [0.15, 0.2) is 18.2 Å². The van der Waals surface area contributed by atoms with Gasteiger partial charge in [0.2, 0.25) is 0 Å². The Kier molecular flexibility index (Phi) is 4.28. The van der Waals surface area contributed by atoms with Crippen LogP contribution in [-0.4, -0.2) is 41.4 Å². The number of aryl methyl sites for hydroxylation is 2. The average molecular weight is 315 g/mol. The zero-order chi connectivity index (χ0) is 16.4. The minimum Gasteiger partial charge on any atom is -0.352 e. The van der Waals surface area contributed by atoms with Crippen molar-refractivity contribution in [3.8, 4) is 0 Å². The third-order valence-electron chi connectivity index (χ3n) is 4.10. The molecule has 0 unspecified atom stereocenters. The summed E-state index contributed by atoms with van der Waals surface area (Å²) in [6, 6.07) is 5.37. The van der Waals surface area contributed by atoms with Crippen LogP contribution in [0, 0.1) is 13.8 Å². The van der Waals surface area contributed by atoms with Gasteiger partial charge in [0.1, 0.15) is 0 Å². The van der Waals surface area contributed by atoms with Gasteiger partial charge in [0.25, 0.3) is 5.91 Å². The predicted octanol–water partition coefficient (Wildman–Crippen LogP) is 2.13. The second kappa shape index (κ2) is 6.22. The van der Waals surface area contributed by atoms with Crippen molar-refractivity contribution in [3.63, 3.8) is 0 Å². The quantitative estimate of drug-likeness (QED) is 0.935. The van der Waals surface area contributed by atoms with E-state index in [-0.39, 0.29) is 5.91 Å². The number of hydrogen-bond donors (Lipinski definition) is 1. The zero-order valence-corrected chi connectivity index (χ0v) is 13.7. The Morgan fingerprint density at radius 2 is 1.83 bits per heavy atom. The van der Waals surface area contributed by atoms with Gasteiger partial charge in [-0.25, -0.2) is 9.97 Å². The van der Waals surface area contributed by atoms with Crippen molar-refractivity contribution in [3.05, 3.63) is 35.2 Å². The van der Waals surface area contributed by atoms with E-state index in [4.69, 9.17) is 9.47 Å². The van der Waals surface area contributed by atoms with Crippen LogP contribution < -0.4 is 5.32 Å². The van der Waals surface area contributed by atoms with Crippen molar-refractivity contribution < 1.29 is 14.3 Å². The van der Waals surface area contributed by atoms with Crippen LogP contribution in [0.4, 0.5) is 0 Å². The number of carbonyl (C=O) groups is 1. The third-order valence-corrected chi connectivity index (χ3v) is 4.10. The Labute approximate surface area is 135 Å². The second-order valence-electron chi connectivity index (χ2n) is 5.93. The molecule has 2 heterocycles. The lowest BCUT2D eigenvalue weighted by Crippen LogP contribution is -2.33. The van der Waals surface area contributed by atoms with E-state index in [0.29, 0.717) is 31.7 Å². The molecule has 1 aromatic heterocycles. The summed E-state index contributed by atoms with van der Waals surface area (Å²) in [6.07, 6.45) is 0.616. The Morgan fingerprint density at radius 1 is 1.17 bits per heavy atom. The molecule has 1 saturated heterocycles.